The van der Waals surface area contributed by atoms with Gasteiger partial charge < -0.3 is 9.88 Å². The molecule has 1 aliphatic rings. The fourth-order valence-corrected chi connectivity index (χ4v) is 3.51. The number of benzene rings is 1. The Morgan fingerprint density at radius 1 is 1.30 bits per heavy atom. The number of hydrogen-bond donors (Lipinski definition) is 1. The monoisotopic (exact) mass is 377 g/mol. The van der Waals surface area contributed by atoms with Crippen LogP contribution in [0.25, 0.3) is 0 Å². The summed E-state index contributed by atoms with van der Waals surface area (Å²) in [6.45, 7) is 7.38. The van der Waals surface area contributed by atoms with Crippen LogP contribution in [0.4, 0.5) is 14.5 Å². The van der Waals surface area contributed by atoms with Gasteiger partial charge in [-0.05, 0) is 52.3 Å². The molecule has 0 saturated carbocycles. The normalized spacial score (nSPS) is 19.3. The molecule has 0 unspecified atom stereocenters. The van der Waals surface area contributed by atoms with Crippen molar-refractivity contribution in [3.05, 3.63) is 42.0 Å². The summed E-state index contributed by atoms with van der Waals surface area (Å²) >= 11 is 0. The highest BCUT2D eigenvalue weighted by Crippen LogP contribution is 2.28. The van der Waals surface area contributed by atoms with Crippen molar-refractivity contribution < 1.29 is 13.6 Å². The number of carbonyl (C=O) groups is 1. The van der Waals surface area contributed by atoms with Crippen molar-refractivity contribution in [3.8, 4) is 0 Å². The number of aromatic nitrogens is 3. The SMILES string of the molecule is CC(C)n1cnnc1[C@H]1CCCN([C@@H](C)C(=O)Nc2cc(F)ccc2F)C1. The molecule has 27 heavy (non-hydrogen) atoms. The van der Waals surface area contributed by atoms with Gasteiger partial charge in [0.25, 0.3) is 0 Å². The van der Waals surface area contributed by atoms with Crippen molar-refractivity contribution in [2.45, 2.75) is 51.6 Å². The van der Waals surface area contributed by atoms with Gasteiger partial charge in [-0.2, -0.15) is 0 Å². The molecule has 8 heteroatoms. The highest BCUT2D eigenvalue weighted by molar-refractivity contribution is 5.94. The van der Waals surface area contributed by atoms with Gasteiger partial charge in [0.1, 0.15) is 23.8 Å². The lowest BCUT2D eigenvalue weighted by Crippen LogP contribution is -2.47. The molecule has 3 rings (SSSR count). The van der Waals surface area contributed by atoms with Crippen LogP contribution in [-0.2, 0) is 4.79 Å². The van der Waals surface area contributed by atoms with Crippen LogP contribution < -0.4 is 5.32 Å². The minimum absolute atomic E-state index is 0.139. The highest BCUT2D eigenvalue weighted by atomic mass is 19.1. The molecule has 1 amide bonds. The summed E-state index contributed by atoms with van der Waals surface area (Å²) in [5.41, 5.74) is -0.139. The fourth-order valence-electron chi connectivity index (χ4n) is 3.51. The van der Waals surface area contributed by atoms with Gasteiger partial charge in [-0.3, -0.25) is 9.69 Å². The molecular weight excluding hydrogens is 352 g/mol. The van der Waals surface area contributed by atoms with E-state index in [9.17, 15) is 13.6 Å². The second-order valence-corrected chi connectivity index (χ2v) is 7.31. The average Bonchev–Trinajstić information content (AvgIpc) is 3.14. The molecule has 1 saturated heterocycles. The largest absolute Gasteiger partial charge is 0.322 e. The molecule has 0 spiro atoms. The van der Waals surface area contributed by atoms with Gasteiger partial charge >= 0.3 is 0 Å². The first-order valence-corrected chi connectivity index (χ1v) is 9.26. The quantitative estimate of drug-likeness (QED) is 0.868. The van der Waals surface area contributed by atoms with Crippen LogP contribution in [0, 0.1) is 11.6 Å². The summed E-state index contributed by atoms with van der Waals surface area (Å²) in [7, 11) is 0. The molecule has 6 nitrogen and oxygen atoms in total. The second-order valence-electron chi connectivity index (χ2n) is 7.31. The molecule has 146 valence electrons. The number of likely N-dealkylation sites (tertiary alicyclic amines) is 1. The van der Waals surface area contributed by atoms with E-state index in [0.717, 1.165) is 43.4 Å². The van der Waals surface area contributed by atoms with Crippen LogP contribution in [-0.4, -0.2) is 44.7 Å². The predicted octanol–water partition coefficient (Wildman–Crippen LogP) is 3.34. The number of amides is 1. The zero-order chi connectivity index (χ0) is 19.6. The topological polar surface area (TPSA) is 63.1 Å². The van der Waals surface area contributed by atoms with E-state index >= 15 is 0 Å². The number of anilines is 1. The fraction of sp³-hybridized carbons (Fsp3) is 0.526. The van der Waals surface area contributed by atoms with Crippen molar-refractivity contribution in [3.63, 3.8) is 0 Å². The molecule has 2 aromatic rings. The van der Waals surface area contributed by atoms with E-state index in [1.54, 1.807) is 13.3 Å². The summed E-state index contributed by atoms with van der Waals surface area (Å²) in [4.78, 5) is 14.6. The van der Waals surface area contributed by atoms with Crippen molar-refractivity contribution >= 4 is 11.6 Å². The Kier molecular flexibility index (Phi) is 5.84. The van der Waals surface area contributed by atoms with Gasteiger partial charge in [-0.25, -0.2) is 8.78 Å². The van der Waals surface area contributed by atoms with Crippen LogP contribution in [0.5, 0.6) is 0 Å². The molecule has 1 aromatic carbocycles. The predicted molar refractivity (Wildman–Crippen MR) is 98.4 cm³/mol. The Balaban J connectivity index is 1.69. The second kappa shape index (κ2) is 8.12. The summed E-state index contributed by atoms with van der Waals surface area (Å²) in [6, 6.07) is 2.82. The first-order valence-electron chi connectivity index (χ1n) is 9.26. The van der Waals surface area contributed by atoms with E-state index in [1.165, 1.54) is 0 Å². The van der Waals surface area contributed by atoms with E-state index in [1.807, 2.05) is 0 Å². The maximum Gasteiger partial charge on any atom is 0.241 e. The zero-order valence-corrected chi connectivity index (χ0v) is 15.8. The van der Waals surface area contributed by atoms with Crippen LogP contribution in [0.15, 0.2) is 24.5 Å². The third kappa shape index (κ3) is 4.32. The standard InChI is InChI=1S/C19H25F2N5O/c1-12(2)26-11-22-24-18(26)14-5-4-8-25(10-14)13(3)19(27)23-17-9-15(20)6-7-16(17)21/h6-7,9,11-14H,4-5,8,10H2,1-3H3,(H,23,27)/t13-,14-/m0/s1. The van der Waals surface area contributed by atoms with Crippen molar-refractivity contribution in [2.75, 3.05) is 18.4 Å². The van der Waals surface area contributed by atoms with Crippen LogP contribution in [0.3, 0.4) is 0 Å². The van der Waals surface area contributed by atoms with E-state index in [-0.39, 0.29) is 23.6 Å². The average molecular weight is 377 g/mol. The van der Waals surface area contributed by atoms with Gasteiger partial charge in [-0.1, -0.05) is 0 Å². The smallest absolute Gasteiger partial charge is 0.241 e. The Labute approximate surface area is 157 Å². The first-order chi connectivity index (χ1) is 12.9. The van der Waals surface area contributed by atoms with E-state index in [0.29, 0.717) is 6.54 Å². The number of rotatable bonds is 5. The summed E-state index contributed by atoms with van der Waals surface area (Å²) < 4.78 is 29.2. The lowest BCUT2D eigenvalue weighted by Gasteiger charge is -2.36. The van der Waals surface area contributed by atoms with Gasteiger partial charge in [0.15, 0.2) is 0 Å². The molecular formula is C19H25F2N5O. The summed E-state index contributed by atoms with van der Waals surface area (Å²) in [6.07, 6.45) is 3.65. The number of hydrogen-bond acceptors (Lipinski definition) is 4. The maximum atomic E-state index is 13.8. The maximum absolute atomic E-state index is 13.8. The molecule has 0 aliphatic carbocycles. The lowest BCUT2D eigenvalue weighted by atomic mass is 9.95. The number of carbonyl (C=O) groups excluding carboxylic acids is 1. The van der Waals surface area contributed by atoms with Crippen molar-refractivity contribution in [1.82, 2.24) is 19.7 Å². The van der Waals surface area contributed by atoms with Gasteiger partial charge in [0.2, 0.25) is 5.91 Å². The number of piperidine rings is 1. The molecule has 1 aliphatic heterocycles. The van der Waals surface area contributed by atoms with E-state index in [4.69, 9.17) is 0 Å². The molecule has 2 atom stereocenters. The summed E-state index contributed by atoms with van der Waals surface area (Å²) in [5, 5.41) is 10.8. The van der Waals surface area contributed by atoms with Crippen LogP contribution in [0.1, 0.15) is 51.4 Å². The minimum atomic E-state index is -0.654. The molecule has 2 heterocycles. The lowest BCUT2D eigenvalue weighted by molar-refractivity contribution is -0.121. The van der Waals surface area contributed by atoms with Crippen molar-refractivity contribution in [2.24, 2.45) is 0 Å². The van der Waals surface area contributed by atoms with Crippen molar-refractivity contribution in [1.29, 1.82) is 0 Å². The van der Waals surface area contributed by atoms with Crippen LogP contribution in [0.2, 0.25) is 0 Å². The Hall–Kier alpha value is -2.35. The summed E-state index contributed by atoms with van der Waals surface area (Å²) in [5.74, 6) is -0.488. The zero-order valence-electron chi connectivity index (χ0n) is 15.8. The molecule has 0 bridgehead atoms. The number of halogens is 2. The Morgan fingerprint density at radius 3 is 2.81 bits per heavy atom. The molecule has 1 aromatic heterocycles. The third-order valence-electron chi connectivity index (χ3n) is 5.09. The Morgan fingerprint density at radius 2 is 2.07 bits per heavy atom. The number of nitrogens with one attached hydrogen (secondary N) is 1. The van der Waals surface area contributed by atoms with Gasteiger partial charge in [-0.15, -0.1) is 10.2 Å². The Bertz CT molecular complexity index is 807. The minimum Gasteiger partial charge on any atom is -0.322 e. The van der Waals surface area contributed by atoms with Gasteiger partial charge in [0, 0.05) is 24.6 Å². The van der Waals surface area contributed by atoms with E-state index in [2.05, 4.69) is 38.8 Å². The third-order valence-corrected chi connectivity index (χ3v) is 5.09. The first kappa shape index (κ1) is 19.4. The van der Waals surface area contributed by atoms with E-state index < -0.39 is 17.7 Å². The van der Waals surface area contributed by atoms with Gasteiger partial charge in [0.05, 0.1) is 11.7 Å². The van der Waals surface area contributed by atoms with Crippen LogP contribution >= 0.6 is 0 Å². The highest BCUT2D eigenvalue weighted by Gasteiger charge is 2.31. The molecule has 0 radical (unpaired) electrons. The number of nitrogens with zero attached hydrogens (tertiary/aromatic N) is 4. The molecule has 1 fully saturated rings. The molecule has 1 N–H and O–H groups in total.